The van der Waals surface area contributed by atoms with Crippen molar-refractivity contribution in [3.05, 3.63) is 46.5 Å². The van der Waals surface area contributed by atoms with Crippen LogP contribution in [0.3, 0.4) is 0 Å². The van der Waals surface area contributed by atoms with Gasteiger partial charge >= 0.3 is 0 Å². The Morgan fingerprint density at radius 1 is 1.53 bits per heavy atom. The van der Waals surface area contributed by atoms with E-state index in [9.17, 15) is 0 Å². The predicted octanol–water partition coefficient (Wildman–Crippen LogP) is 1.46. The number of nitrogens with two attached hydrogens (primary N) is 1. The lowest BCUT2D eigenvalue weighted by Gasteiger charge is -2.15. The Labute approximate surface area is 107 Å². The molecule has 0 aliphatic heterocycles. The highest BCUT2D eigenvalue weighted by atomic mass is 79.9. The molecule has 1 aromatic heterocycles. The zero-order chi connectivity index (χ0) is 12.3. The highest BCUT2D eigenvalue weighted by Gasteiger charge is 2.14. The van der Waals surface area contributed by atoms with Gasteiger partial charge < -0.3 is 5.73 Å². The van der Waals surface area contributed by atoms with Crippen LogP contribution in [0.25, 0.3) is 0 Å². The molecule has 0 bridgehead atoms. The summed E-state index contributed by atoms with van der Waals surface area (Å²) >= 11 is 3.41. The molecule has 1 heterocycles. The van der Waals surface area contributed by atoms with Crippen LogP contribution in [0, 0.1) is 11.3 Å². The van der Waals surface area contributed by atoms with Crippen LogP contribution in [0.5, 0.6) is 0 Å². The smallest absolute Gasteiger partial charge is 0.252 e. The predicted molar refractivity (Wildman–Crippen MR) is 66.1 cm³/mol. The van der Waals surface area contributed by atoms with Gasteiger partial charge in [0.25, 0.3) is 5.82 Å². The minimum Gasteiger partial charge on any atom is -0.328 e. The van der Waals surface area contributed by atoms with Gasteiger partial charge in [-0.3, -0.25) is 0 Å². The quantitative estimate of drug-likeness (QED) is 0.928. The topological polar surface area (TPSA) is 80.5 Å². The number of aromatic nitrogens is 3. The first-order valence-corrected chi connectivity index (χ1v) is 5.80. The van der Waals surface area contributed by atoms with E-state index in [4.69, 9.17) is 11.0 Å². The van der Waals surface area contributed by atoms with Crippen LogP contribution in [0.1, 0.15) is 17.4 Å². The Morgan fingerprint density at radius 3 is 2.94 bits per heavy atom. The van der Waals surface area contributed by atoms with Crippen molar-refractivity contribution in [3.63, 3.8) is 0 Å². The molecular weight excluding hydrogens is 282 g/mol. The Kier molecular flexibility index (Phi) is 3.52. The van der Waals surface area contributed by atoms with Crippen LogP contribution < -0.4 is 5.73 Å². The Bertz CT molecular complexity index is 557. The molecule has 0 radical (unpaired) electrons. The molecule has 86 valence electrons. The molecule has 0 saturated carbocycles. The van der Waals surface area contributed by atoms with E-state index in [1.807, 2.05) is 30.3 Å². The van der Waals surface area contributed by atoms with Gasteiger partial charge in [0.05, 0.1) is 6.04 Å². The first kappa shape index (κ1) is 11.8. The van der Waals surface area contributed by atoms with Gasteiger partial charge in [-0.05, 0) is 17.7 Å². The van der Waals surface area contributed by atoms with Crippen molar-refractivity contribution < 1.29 is 0 Å². The molecule has 1 aromatic carbocycles. The molecule has 2 aromatic rings. The second kappa shape index (κ2) is 5.08. The van der Waals surface area contributed by atoms with Crippen molar-refractivity contribution in [2.45, 2.75) is 6.04 Å². The van der Waals surface area contributed by atoms with Gasteiger partial charge in [0.1, 0.15) is 12.4 Å². The maximum Gasteiger partial charge on any atom is 0.252 e. The molecule has 17 heavy (non-hydrogen) atoms. The van der Waals surface area contributed by atoms with Gasteiger partial charge in [-0.25, -0.2) is 9.67 Å². The first-order chi connectivity index (χ1) is 8.24. The summed E-state index contributed by atoms with van der Waals surface area (Å²) in [7, 11) is 0. The third-order valence-corrected chi connectivity index (χ3v) is 2.88. The van der Waals surface area contributed by atoms with E-state index in [0.717, 1.165) is 10.0 Å². The van der Waals surface area contributed by atoms with Gasteiger partial charge in [-0.15, -0.1) is 5.10 Å². The standard InChI is InChI=1S/C11H10BrN5/c12-9-3-1-2-8(4-9)10(5-13)17-7-15-11(6-14)16-17/h1-4,7,10H,5,13H2. The van der Waals surface area contributed by atoms with E-state index in [0.29, 0.717) is 6.54 Å². The van der Waals surface area contributed by atoms with Gasteiger partial charge in [-0.2, -0.15) is 5.26 Å². The van der Waals surface area contributed by atoms with Crippen LogP contribution in [0.15, 0.2) is 35.1 Å². The molecular formula is C11H10BrN5. The molecule has 0 aliphatic carbocycles. The first-order valence-electron chi connectivity index (χ1n) is 5.01. The minimum atomic E-state index is -0.109. The Morgan fingerprint density at radius 2 is 2.35 bits per heavy atom. The fourth-order valence-corrected chi connectivity index (χ4v) is 2.00. The number of halogens is 1. The third-order valence-electron chi connectivity index (χ3n) is 2.38. The van der Waals surface area contributed by atoms with Crippen molar-refractivity contribution in [2.75, 3.05) is 6.54 Å². The second-order valence-electron chi connectivity index (χ2n) is 3.47. The fraction of sp³-hybridized carbons (Fsp3) is 0.182. The number of nitriles is 1. The minimum absolute atomic E-state index is 0.109. The summed E-state index contributed by atoms with van der Waals surface area (Å²) in [4.78, 5) is 3.87. The van der Waals surface area contributed by atoms with E-state index in [-0.39, 0.29) is 11.9 Å². The lowest BCUT2D eigenvalue weighted by Crippen LogP contribution is -2.21. The molecule has 1 atom stereocenters. The SMILES string of the molecule is N#Cc1ncn(C(CN)c2cccc(Br)c2)n1. The van der Waals surface area contributed by atoms with Crippen LogP contribution in [0.4, 0.5) is 0 Å². The molecule has 0 spiro atoms. The van der Waals surface area contributed by atoms with E-state index >= 15 is 0 Å². The van der Waals surface area contributed by atoms with E-state index < -0.39 is 0 Å². The summed E-state index contributed by atoms with van der Waals surface area (Å²) in [6.45, 7) is 0.394. The van der Waals surface area contributed by atoms with Crippen LogP contribution >= 0.6 is 15.9 Å². The molecule has 5 nitrogen and oxygen atoms in total. The van der Waals surface area contributed by atoms with E-state index in [1.54, 1.807) is 4.68 Å². The monoisotopic (exact) mass is 291 g/mol. The summed E-state index contributed by atoms with van der Waals surface area (Å²) in [6, 6.07) is 9.61. The van der Waals surface area contributed by atoms with Gasteiger partial charge in [-0.1, -0.05) is 28.1 Å². The average molecular weight is 292 g/mol. The van der Waals surface area contributed by atoms with Crippen LogP contribution in [-0.4, -0.2) is 21.3 Å². The Balaban J connectivity index is 2.37. The molecule has 0 saturated heterocycles. The van der Waals surface area contributed by atoms with Crippen molar-refractivity contribution in [3.8, 4) is 6.07 Å². The normalized spacial score (nSPS) is 12.1. The fourth-order valence-electron chi connectivity index (χ4n) is 1.59. The third kappa shape index (κ3) is 2.52. The van der Waals surface area contributed by atoms with Gasteiger partial charge in [0.15, 0.2) is 0 Å². The lowest BCUT2D eigenvalue weighted by molar-refractivity contribution is 0.529. The maximum absolute atomic E-state index is 8.69. The van der Waals surface area contributed by atoms with Crippen molar-refractivity contribution in [2.24, 2.45) is 5.73 Å². The van der Waals surface area contributed by atoms with Gasteiger partial charge in [0, 0.05) is 11.0 Å². The summed E-state index contributed by atoms with van der Waals surface area (Å²) in [5, 5.41) is 12.7. The Hall–Kier alpha value is -1.71. The molecule has 2 rings (SSSR count). The summed E-state index contributed by atoms with van der Waals surface area (Å²) in [5.41, 5.74) is 6.78. The highest BCUT2D eigenvalue weighted by molar-refractivity contribution is 9.10. The lowest BCUT2D eigenvalue weighted by atomic mass is 10.1. The number of hydrogen-bond donors (Lipinski definition) is 1. The van der Waals surface area contributed by atoms with Gasteiger partial charge in [0.2, 0.25) is 0 Å². The van der Waals surface area contributed by atoms with Crippen molar-refractivity contribution in [1.29, 1.82) is 5.26 Å². The molecule has 0 fully saturated rings. The number of rotatable bonds is 3. The largest absolute Gasteiger partial charge is 0.328 e. The maximum atomic E-state index is 8.69. The zero-order valence-electron chi connectivity index (χ0n) is 8.92. The number of benzene rings is 1. The number of nitrogens with zero attached hydrogens (tertiary/aromatic N) is 4. The summed E-state index contributed by atoms with van der Waals surface area (Å²) in [6.07, 6.45) is 1.52. The van der Waals surface area contributed by atoms with E-state index in [2.05, 4.69) is 26.0 Å². The molecule has 6 heteroatoms. The van der Waals surface area contributed by atoms with Crippen molar-refractivity contribution >= 4 is 15.9 Å². The van der Waals surface area contributed by atoms with Crippen LogP contribution in [-0.2, 0) is 0 Å². The molecule has 0 aliphatic rings. The molecule has 1 unspecified atom stereocenters. The second-order valence-corrected chi connectivity index (χ2v) is 4.38. The molecule has 2 N–H and O–H groups in total. The summed E-state index contributed by atoms with van der Waals surface area (Å²) in [5.74, 6) is 0.151. The highest BCUT2D eigenvalue weighted by Crippen LogP contribution is 2.20. The summed E-state index contributed by atoms with van der Waals surface area (Å²) < 4.78 is 2.59. The zero-order valence-corrected chi connectivity index (χ0v) is 10.5. The van der Waals surface area contributed by atoms with Crippen molar-refractivity contribution in [1.82, 2.24) is 14.8 Å². The number of hydrogen-bond acceptors (Lipinski definition) is 4. The molecule has 0 amide bonds. The van der Waals surface area contributed by atoms with Crippen LogP contribution in [0.2, 0.25) is 0 Å². The average Bonchev–Trinajstić information content (AvgIpc) is 2.79. The van der Waals surface area contributed by atoms with E-state index in [1.165, 1.54) is 6.33 Å².